The van der Waals surface area contributed by atoms with Crippen LogP contribution in [0.1, 0.15) is 12.8 Å². The van der Waals surface area contributed by atoms with Crippen molar-refractivity contribution in [3.63, 3.8) is 0 Å². The Bertz CT molecular complexity index is 251. The van der Waals surface area contributed by atoms with E-state index in [0.29, 0.717) is 13.2 Å². The zero-order valence-corrected chi connectivity index (χ0v) is 9.44. The first-order chi connectivity index (χ1) is 7.65. The van der Waals surface area contributed by atoms with Crippen molar-refractivity contribution in [2.75, 3.05) is 33.4 Å². The highest BCUT2D eigenvalue weighted by Crippen LogP contribution is 2.08. The summed E-state index contributed by atoms with van der Waals surface area (Å²) in [5, 5.41) is 11.8. The summed E-state index contributed by atoms with van der Waals surface area (Å²) in [5.74, 6) is -1.14. The van der Waals surface area contributed by atoms with Gasteiger partial charge in [-0.1, -0.05) is 0 Å². The van der Waals surface area contributed by atoms with Gasteiger partial charge in [-0.25, -0.2) is 0 Å². The lowest BCUT2D eigenvalue weighted by Gasteiger charge is -2.23. The van der Waals surface area contributed by atoms with E-state index in [4.69, 9.17) is 9.84 Å². The van der Waals surface area contributed by atoms with E-state index in [1.165, 1.54) is 12.0 Å². The number of amides is 1. The van der Waals surface area contributed by atoms with Crippen molar-refractivity contribution in [1.82, 2.24) is 10.2 Å². The average molecular weight is 230 g/mol. The number of carboxylic acid groups (broad SMARTS) is 1. The summed E-state index contributed by atoms with van der Waals surface area (Å²) in [6.07, 6.45) is 1.74. The van der Waals surface area contributed by atoms with Gasteiger partial charge >= 0.3 is 5.97 Å². The third-order valence-electron chi connectivity index (χ3n) is 2.56. The molecule has 1 rings (SSSR count). The summed E-state index contributed by atoms with van der Waals surface area (Å²) < 4.78 is 4.86. The summed E-state index contributed by atoms with van der Waals surface area (Å²) in [5.41, 5.74) is 0. The lowest BCUT2D eigenvalue weighted by molar-refractivity contribution is -0.145. The van der Waals surface area contributed by atoms with Crippen molar-refractivity contribution in [3.8, 4) is 0 Å². The minimum Gasteiger partial charge on any atom is -0.480 e. The van der Waals surface area contributed by atoms with Crippen LogP contribution in [-0.2, 0) is 14.3 Å². The van der Waals surface area contributed by atoms with Gasteiger partial charge < -0.3 is 20.1 Å². The Kier molecular flexibility index (Phi) is 5.21. The number of hydrogen-bond donors (Lipinski definition) is 2. The second-order valence-electron chi connectivity index (χ2n) is 3.80. The van der Waals surface area contributed by atoms with E-state index >= 15 is 0 Å². The highest BCUT2D eigenvalue weighted by Gasteiger charge is 2.27. The average Bonchev–Trinajstić information content (AvgIpc) is 2.76. The number of ether oxygens (including phenoxy) is 1. The maximum absolute atomic E-state index is 11.9. The van der Waals surface area contributed by atoms with Gasteiger partial charge in [0.15, 0.2) is 0 Å². The van der Waals surface area contributed by atoms with Crippen LogP contribution in [0, 0.1) is 0 Å². The molecule has 0 bridgehead atoms. The molecular formula is C10H18N2O4. The molecule has 1 atom stereocenters. The summed E-state index contributed by atoms with van der Waals surface area (Å²) in [4.78, 5) is 23.9. The van der Waals surface area contributed by atoms with Gasteiger partial charge in [-0.15, -0.1) is 0 Å². The molecule has 1 amide bonds. The van der Waals surface area contributed by atoms with Crippen LogP contribution in [0.5, 0.6) is 0 Å². The number of methoxy groups -OCH3 is 1. The van der Waals surface area contributed by atoms with Crippen LogP contribution in [0.2, 0.25) is 0 Å². The largest absolute Gasteiger partial charge is 0.480 e. The lowest BCUT2D eigenvalue weighted by Crippen LogP contribution is -2.46. The van der Waals surface area contributed by atoms with E-state index in [2.05, 4.69) is 5.32 Å². The molecule has 0 saturated carbocycles. The van der Waals surface area contributed by atoms with Crippen LogP contribution in [-0.4, -0.2) is 61.3 Å². The Labute approximate surface area is 94.6 Å². The second-order valence-corrected chi connectivity index (χ2v) is 3.80. The molecule has 0 radical (unpaired) electrons. The Morgan fingerprint density at radius 1 is 1.56 bits per heavy atom. The molecule has 6 nitrogen and oxygen atoms in total. The van der Waals surface area contributed by atoms with E-state index in [9.17, 15) is 9.59 Å². The van der Waals surface area contributed by atoms with Crippen molar-refractivity contribution in [2.45, 2.75) is 18.9 Å². The van der Waals surface area contributed by atoms with Crippen LogP contribution >= 0.6 is 0 Å². The van der Waals surface area contributed by atoms with Crippen molar-refractivity contribution >= 4 is 11.9 Å². The number of nitrogens with one attached hydrogen (secondary N) is 1. The van der Waals surface area contributed by atoms with E-state index in [0.717, 1.165) is 19.4 Å². The SMILES string of the molecule is COCCN(CC(=O)O)C(=O)C1CCCN1. The van der Waals surface area contributed by atoms with Crippen LogP contribution in [0.4, 0.5) is 0 Å². The predicted molar refractivity (Wildman–Crippen MR) is 57.1 cm³/mol. The van der Waals surface area contributed by atoms with E-state index in [-0.39, 0.29) is 18.5 Å². The predicted octanol–water partition coefficient (Wildman–Crippen LogP) is -0.702. The quantitative estimate of drug-likeness (QED) is 0.630. The Morgan fingerprint density at radius 3 is 2.81 bits per heavy atom. The molecule has 2 N–H and O–H groups in total. The third kappa shape index (κ3) is 3.79. The number of carbonyl (C=O) groups excluding carboxylic acids is 1. The summed E-state index contributed by atoms with van der Waals surface area (Å²) in [6.45, 7) is 1.23. The first-order valence-corrected chi connectivity index (χ1v) is 5.38. The summed E-state index contributed by atoms with van der Waals surface area (Å²) in [6, 6.07) is -0.226. The van der Waals surface area contributed by atoms with E-state index in [1.807, 2.05) is 0 Å². The number of nitrogens with zero attached hydrogens (tertiary/aromatic N) is 1. The Morgan fingerprint density at radius 2 is 2.31 bits per heavy atom. The Hall–Kier alpha value is -1.14. The van der Waals surface area contributed by atoms with Crippen molar-refractivity contribution in [1.29, 1.82) is 0 Å². The molecule has 1 fully saturated rings. The number of rotatable bonds is 6. The zero-order chi connectivity index (χ0) is 12.0. The van der Waals surface area contributed by atoms with Gasteiger partial charge in [0.1, 0.15) is 6.54 Å². The van der Waals surface area contributed by atoms with Gasteiger partial charge in [0.05, 0.1) is 12.6 Å². The van der Waals surface area contributed by atoms with Crippen LogP contribution in [0.25, 0.3) is 0 Å². The monoisotopic (exact) mass is 230 g/mol. The van der Waals surface area contributed by atoms with Crippen LogP contribution in [0.3, 0.4) is 0 Å². The van der Waals surface area contributed by atoms with Crippen molar-refractivity contribution in [3.05, 3.63) is 0 Å². The molecule has 0 aromatic carbocycles. The number of hydrogen-bond acceptors (Lipinski definition) is 4. The normalized spacial score (nSPS) is 19.7. The summed E-state index contributed by atoms with van der Waals surface area (Å²) >= 11 is 0. The molecule has 0 aromatic rings. The molecule has 1 unspecified atom stereocenters. The molecule has 1 aliphatic rings. The van der Waals surface area contributed by atoms with Crippen LogP contribution in [0.15, 0.2) is 0 Å². The minimum absolute atomic E-state index is 0.142. The molecule has 0 aromatic heterocycles. The van der Waals surface area contributed by atoms with Crippen molar-refractivity contribution in [2.24, 2.45) is 0 Å². The molecule has 1 heterocycles. The van der Waals surface area contributed by atoms with E-state index in [1.54, 1.807) is 0 Å². The molecular weight excluding hydrogens is 212 g/mol. The van der Waals surface area contributed by atoms with Gasteiger partial charge in [0.2, 0.25) is 5.91 Å². The zero-order valence-electron chi connectivity index (χ0n) is 9.44. The molecule has 0 spiro atoms. The number of carboxylic acids is 1. The third-order valence-corrected chi connectivity index (χ3v) is 2.56. The maximum atomic E-state index is 11.9. The van der Waals surface area contributed by atoms with Gasteiger partial charge in [0, 0.05) is 13.7 Å². The fourth-order valence-corrected chi connectivity index (χ4v) is 1.75. The minimum atomic E-state index is -0.998. The van der Waals surface area contributed by atoms with Crippen LogP contribution < -0.4 is 5.32 Å². The van der Waals surface area contributed by atoms with Crippen molar-refractivity contribution < 1.29 is 19.4 Å². The summed E-state index contributed by atoms with van der Waals surface area (Å²) in [7, 11) is 1.53. The lowest BCUT2D eigenvalue weighted by atomic mass is 10.2. The number of carbonyl (C=O) groups is 2. The Balaban J connectivity index is 2.51. The smallest absolute Gasteiger partial charge is 0.323 e. The molecule has 0 aliphatic carbocycles. The fourth-order valence-electron chi connectivity index (χ4n) is 1.75. The van der Waals surface area contributed by atoms with Gasteiger partial charge in [0.25, 0.3) is 0 Å². The van der Waals surface area contributed by atoms with E-state index < -0.39 is 5.97 Å². The van der Waals surface area contributed by atoms with Gasteiger partial charge in [-0.2, -0.15) is 0 Å². The highest BCUT2D eigenvalue weighted by molar-refractivity contribution is 5.85. The molecule has 16 heavy (non-hydrogen) atoms. The molecule has 92 valence electrons. The topological polar surface area (TPSA) is 78.9 Å². The highest BCUT2D eigenvalue weighted by atomic mass is 16.5. The molecule has 1 aliphatic heterocycles. The first kappa shape index (κ1) is 12.9. The van der Waals surface area contributed by atoms with Gasteiger partial charge in [-0.05, 0) is 19.4 Å². The first-order valence-electron chi connectivity index (χ1n) is 5.38. The fraction of sp³-hybridized carbons (Fsp3) is 0.800. The van der Waals surface area contributed by atoms with Gasteiger partial charge in [-0.3, -0.25) is 9.59 Å². The standard InChI is InChI=1S/C10H18N2O4/c1-16-6-5-12(7-9(13)14)10(15)8-3-2-4-11-8/h8,11H,2-7H2,1H3,(H,13,14). The molecule has 1 saturated heterocycles. The molecule has 6 heteroatoms. The maximum Gasteiger partial charge on any atom is 0.323 e. The number of aliphatic carboxylic acids is 1. The second kappa shape index (κ2) is 6.44.